The van der Waals surface area contributed by atoms with Crippen molar-refractivity contribution in [1.82, 2.24) is 15.1 Å². The van der Waals surface area contributed by atoms with Gasteiger partial charge in [-0.2, -0.15) is 0 Å². The van der Waals surface area contributed by atoms with Gasteiger partial charge in [0, 0.05) is 37.1 Å². The molecule has 6 nitrogen and oxygen atoms in total. The van der Waals surface area contributed by atoms with Gasteiger partial charge in [-0.3, -0.25) is 14.4 Å². The first-order valence-corrected chi connectivity index (χ1v) is 11.9. The SMILES string of the molecule is CC(C)CC(NC(=O)c1ccc(Cl)cc1Cl)C(=O)N1CCC(C(=O)N2CCCC2)CC1. The van der Waals surface area contributed by atoms with Crippen LogP contribution in [0.5, 0.6) is 0 Å². The molecule has 0 radical (unpaired) electrons. The fraction of sp³-hybridized carbons (Fsp3) is 0.609. The Hall–Kier alpha value is -1.79. The summed E-state index contributed by atoms with van der Waals surface area (Å²) in [5.41, 5.74) is 0.294. The number of amides is 3. The quantitative estimate of drug-likeness (QED) is 0.686. The topological polar surface area (TPSA) is 69.7 Å². The third kappa shape index (κ3) is 6.13. The maximum Gasteiger partial charge on any atom is 0.253 e. The average molecular weight is 468 g/mol. The number of piperidine rings is 1. The van der Waals surface area contributed by atoms with Crippen LogP contribution in [0.4, 0.5) is 0 Å². The van der Waals surface area contributed by atoms with Crippen LogP contribution in [0.15, 0.2) is 18.2 Å². The first kappa shape index (κ1) is 23.9. The molecule has 0 bridgehead atoms. The van der Waals surface area contributed by atoms with Gasteiger partial charge in [0.05, 0.1) is 10.6 Å². The molecular weight excluding hydrogens is 437 g/mol. The van der Waals surface area contributed by atoms with Crippen LogP contribution in [-0.2, 0) is 9.59 Å². The van der Waals surface area contributed by atoms with Crippen molar-refractivity contribution in [3.63, 3.8) is 0 Å². The number of nitrogens with one attached hydrogen (secondary N) is 1. The summed E-state index contributed by atoms with van der Waals surface area (Å²) in [5.74, 6) is -0.0367. The van der Waals surface area contributed by atoms with Crippen LogP contribution in [0.25, 0.3) is 0 Å². The summed E-state index contributed by atoms with van der Waals surface area (Å²) < 4.78 is 0. The number of rotatable bonds is 6. The van der Waals surface area contributed by atoms with E-state index in [-0.39, 0.29) is 34.6 Å². The Morgan fingerprint density at radius 2 is 1.68 bits per heavy atom. The maximum atomic E-state index is 13.2. The first-order valence-electron chi connectivity index (χ1n) is 11.1. The minimum Gasteiger partial charge on any atom is -0.342 e. The second-order valence-corrected chi connectivity index (χ2v) is 9.76. The van der Waals surface area contributed by atoms with Gasteiger partial charge in [-0.05, 0) is 56.2 Å². The molecule has 1 N–H and O–H groups in total. The summed E-state index contributed by atoms with van der Waals surface area (Å²) in [6, 6.07) is 4.04. The second-order valence-electron chi connectivity index (χ2n) is 8.91. The highest BCUT2D eigenvalue weighted by Gasteiger charge is 2.34. The van der Waals surface area contributed by atoms with E-state index in [1.807, 2.05) is 18.7 Å². The summed E-state index contributed by atoms with van der Waals surface area (Å²) in [7, 11) is 0. The molecule has 3 amide bonds. The lowest BCUT2D eigenvalue weighted by Crippen LogP contribution is -2.52. The average Bonchev–Trinajstić information content (AvgIpc) is 3.27. The Balaban J connectivity index is 1.62. The lowest BCUT2D eigenvalue weighted by molar-refractivity contribution is -0.141. The molecule has 0 aromatic heterocycles. The number of carbonyl (C=O) groups is 3. The Morgan fingerprint density at radius 1 is 1.03 bits per heavy atom. The molecule has 0 aliphatic carbocycles. The van der Waals surface area contributed by atoms with Gasteiger partial charge in [-0.15, -0.1) is 0 Å². The third-order valence-electron chi connectivity index (χ3n) is 6.06. The molecule has 1 aromatic rings. The predicted octanol–water partition coefficient (Wildman–Crippen LogP) is 4.00. The van der Waals surface area contributed by atoms with E-state index in [2.05, 4.69) is 5.32 Å². The van der Waals surface area contributed by atoms with Gasteiger partial charge < -0.3 is 15.1 Å². The summed E-state index contributed by atoms with van der Waals surface area (Å²) in [6.45, 7) is 6.82. The van der Waals surface area contributed by atoms with Gasteiger partial charge in [-0.1, -0.05) is 37.0 Å². The normalized spacial score (nSPS) is 18.4. The fourth-order valence-electron chi connectivity index (χ4n) is 4.37. The van der Waals surface area contributed by atoms with Crippen LogP contribution < -0.4 is 5.32 Å². The lowest BCUT2D eigenvalue weighted by atomic mass is 9.94. The molecule has 1 unspecified atom stereocenters. The molecule has 3 rings (SSSR count). The fourth-order valence-corrected chi connectivity index (χ4v) is 4.86. The van der Waals surface area contributed by atoms with Crippen LogP contribution in [0.3, 0.4) is 0 Å². The molecule has 2 fully saturated rings. The van der Waals surface area contributed by atoms with Crippen molar-refractivity contribution in [2.45, 2.75) is 52.0 Å². The Labute approximate surface area is 194 Å². The Bertz CT molecular complexity index is 816. The Morgan fingerprint density at radius 3 is 2.26 bits per heavy atom. The third-order valence-corrected chi connectivity index (χ3v) is 6.61. The minimum absolute atomic E-state index is 0.00633. The van der Waals surface area contributed by atoms with Gasteiger partial charge >= 0.3 is 0 Å². The van der Waals surface area contributed by atoms with Crippen molar-refractivity contribution in [1.29, 1.82) is 0 Å². The van der Waals surface area contributed by atoms with E-state index in [1.54, 1.807) is 17.0 Å². The minimum atomic E-state index is -0.634. The number of benzene rings is 1. The maximum absolute atomic E-state index is 13.2. The highest BCUT2D eigenvalue weighted by molar-refractivity contribution is 6.36. The molecule has 0 saturated carbocycles. The van der Waals surface area contributed by atoms with Gasteiger partial charge in [0.25, 0.3) is 5.91 Å². The number of carbonyl (C=O) groups excluding carboxylic acids is 3. The van der Waals surface area contributed by atoms with E-state index in [0.717, 1.165) is 25.9 Å². The van der Waals surface area contributed by atoms with Crippen LogP contribution in [0.2, 0.25) is 10.0 Å². The molecular formula is C23H31Cl2N3O3. The molecule has 2 saturated heterocycles. The summed E-state index contributed by atoms with van der Waals surface area (Å²) >= 11 is 12.1. The summed E-state index contributed by atoms with van der Waals surface area (Å²) in [5, 5.41) is 3.57. The number of hydrogen-bond acceptors (Lipinski definition) is 3. The molecule has 31 heavy (non-hydrogen) atoms. The first-order chi connectivity index (χ1) is 14.8. The van der Waals surface area contributed by atoms with E-state index >= 15 is 0 Å². The standard InChI is InChI=1S/C23H31Cl2N3O3/c1-15(2)13-20(26-21(29)18-6-5-17(24)14-19(18)25)23(31)28-11-7-16(8-12-28)22(30)27-9-3-4-10-27/h5-6,14-16,20H,3-4,7-13H2,1-2H3,(H,26,29). The van der Waals surface area contributed by atoms with Crippen molar-refractivity contribution in [3.8, 4) is 0 Å². The van der Waals surface area contributed by atoms with Crippen LogP contribution in [0, 0.1) is 11.8 Å². The molecule has 170 valence electrons. The van der Waals surface area contributed by atoms with Gasteiger partial charge in [-0.25, -0.2) is 0 Å². The van der Waals surface area contributed by atoms with E-state index in [1.165, 1.54) is 6.07 Å². The van der Waals surface area contributed by atoms with Gasteiger partial charge in [0.1, 0.15) is 6.04 Å². The van der Waals surface area contributed by atoms with E-state index < -0.39 is 6.04 Å². The van der Waals surface area contributed by atoms with Crippen molar-refractivity contribution in [2.24, 2.45) is 11.8 Å². The Kier molecular flexibility index (Phi) is 8.23. The molecule has 1 atom stereocenters. The molecule has 2 aliphatic rings. The molecule has 0 spiro atoms. The number of hydrogen-bond donors (Lipinski definition) is 1. The zero-order chi connectivity index (χ0) is 22.5. The van der Waals surface area contributed by atoms with Crippen molar-refractivity contribution in [2.75, 3.05) is 26.2 Å². The highest BCUT2D eigenvalue weighted by Crippen LogP contribution is 2.24. The van der Waals surface area contributed by atoms with E-state index in [4.69, 9.17) is 23.2 Å². The van der Waals surface area contributed by atoms with Crippen LogP contribution in [0.1, 0.15) is 56.3 Å². The van der Waals surface area contributed by atoms with Crippen molar-refractivity contribution < 1.29 is 14.4 Å². The van der Waals surface area contributed by atoms with Gasteiger partial charge in [0.15, 0.2) is 0 Å². The lowest BCUT2D eigenvalue weighted by Gasteiger charge is -2.35. The smallest absolute Gasteiger partial charge is 0.253 e. The highest BCUT2D eigenvalue weighted by atomic mass is 35.5. The van der Waals surface area contributed by atoms with E-state index in [9.17, 15) is 14.4 Å². The zero-order valence-electron chi connectivity index (χ0n) is 18.2. The monoisotopic (exact) mass is 467 g/mol. The van der Waals surface area contributed by atoms with Crippen LogP contribution in [-0.4, -0.2) is 59.7 Å². The summed E-state index contributed by atoms with van der Waals surface area (Å²) in [4.78, 5) is 42.4. The molecule has 2 aliphatic heterocycles. The summed E-state index contributed by atoms with van der Waals surface area (Å²) in [6.07, 6.45) is 4.04. The number of nitrogens with zero attached hydrogens (tertiary/aromatic N) is 2. The van der Waals surface area contributed by atoms with Crippen molar-refractivity contribution >= 4 is 40.9 Å². The van der Waals surface area contributed by atoms with Crippen molar-refractivity contribution in [3.05, 3.63) is 33.8 Å². The molecule has 8 heteroatoms. The zero-order valence-corrected chi connectivity index (χ0v) is 19.7. The van der Waals surface area contributed by atoms with Gasteiger partial charge in [0.2, 0.25) is 11.8 Å². The molecule has 2 heterocycles. The largest absolute Gasteiger partial charge is 0.342 e. The second kappa shape index (κ2) is 10.7. The van der Waals surface area contributed by atoms with E-state index in [0.29, 0.717) is 42.9 Å². The van der Waals surface area contributed by atoms with Crippen LogP contribution >= 0.6 is 23.2 Å². The molecule has 1 aromatic carbocycles. The number of halogens is 2. The predicted molar refractivity (Wildman–Crippen MR) is 122 cm³/mol. The number of likely N-dealkylation sites (tertiary alicyclic amines) is 2.